The first kappa shape index (κ1) is 23.6. The van der Waals surface area contributed by atoms with Gasteiger partial charge >= 0.3 is 6.09 Å². The van der Waals surface area contributed by atoms with E-state index in [4.69, 9.17) is 4.74 Å². The summed E-state index contributed by atoms with van der Waals surface area (Å²) in [6.07, 6.45) is 0.782. The van der Waals surface area contributed by atoms with Crippen LogP contribution in [0, 0.1) is 17.0 Å². The van der Waals surface area contributed by atoms with Crippen molar-refractivity contribution in [2.75, 3.05) is 11.9 Å². The van der Waals surface area contributed by atoms with Gasteiger partial charge in [0.25, 0.3) is 0 Å². The van der Waals surface area contributed by atoms with E-state index in [1.54, 1.807) is 0 Å². The Labute approximate surface area is 198 Å². The molecule has 3 aromatic carbocycles. The van der Waals surface area contributed by atoms with E-state index in [0.717, 1.165) is 16.7 Å². The summed E-state index contributed by atoms with van der Waals surface area (Å²) in [5.74, 6) is -1.15. The second kappa shape index (κ2) is 9.75. The Hall–Kier alpha value is -3.54. The van der Waals surface area contributed by atoms with Crippen LogP contribution in [-0.4, -0.2) is 18.4 Å². The highest BCUT2D eigenvalue weighted by atomic mass is 19.1. The fourth-order valence-electron chi connectivity index (χ4n) is 3.87. The van der Waals surface area contributed by atoms with E-state index in [0.29, 0.717) is 30.8 Å². The number of halogens is 2. The predicted molar refractivity (Wildman–Crippen MR) is 131 cm³/mol. The lowest BCUT2D eigenvalue weighted by atomic mass is 9.99. The van der Waals surface area contributed by atoms with Crippen LogP contribution in [-0.2, 0) is 4.74 Å². The maximum atomic E-state index is 14.1. The third-order valence-electron chi connectivity index (χ3n) is 5.61. The molecule has 1 amide bonds. The number of carbonyl (C=O) groups is 1. The number of nitrogens with one attached hydrogen (secondary N) is 1. The molecule has 1 heterocycles. The van der Waals surface area contributed by atoms with Crippen LogP contribution in [0.3, 0.4) is 0 Å². The Kier molecular flexibility index (Phi) is 6.77. The second-order valence-corrected chi connectivity index (χ2v) is 9.69. The topological polar surface area (TPSA) is 50.7 Å². The minimum absolute atomic E-state index is 0.0161. The van der Waals surface area contributed by atoms with Crippen molar-refractivity contribution in [3.63, 3.8) is 0 Å². The molecule has 1 aliphatic heterocycles. The number of benzene rings is 3. The molecule has 0 fully saturated rings. The second-order valence-electron chi connectivity index (χ2n) is 9.69. The Balaban J connectivity index is 1.41. The van der Waals surface area contributed by atoms with Crippen molar-refractivity contribution >= 4 is 17.5 Å². The van der Waals surface area contributed by atoms with Gasteiger partial charge < -0.3 is 4.74 Å². The molecule has 4 nitrogen and oxygen atoms in total. The number of aliphatic imine (C=N–C) groups is 1. The number of hydrogen-bond donors (Lipinski definition) is 1. The van der Waals surface area contributed by atoms with Crippen LogP contribution in [0.2, 0.25) is 0 Å². The Bertz CT molecular complexity index is 1180. The van der Waals surface area contributed by atoms with Gasteiger partial charge in [-0.15, -0.1) is 0 Å². The Morgan fingerprint density at radius 2 is 1.56 bits per heavy atom. The van der Waals surface area contributed by atoms with Crippen LogP contribution in [0.4, 0.5) is 19.3 Å². The van der Waals surface area contributed by atoms with E-state index in [-0.39, 0.29) is 17.0 Å². The molecule has 6 heteroatoms. The Morgan fingerprint density at radius 1 is 0.971 bits per heavy atom. The molecule has 0 aromatic heterocycles. The minimum Gasteiger partial charge on any atom is -0.449 e. The zero-order valence-corrected chi connectivity index (χ0v) is 19.6. The van der Waals surface area contributed by atoms with E-state index in [2.05, 4.69) is 10.3 Å². The van der Waals surface area contributed by atoms with E-state index in [1.807, 2.05) is 69.3 Å². The Morgan fingerprint density at radius 3 is 2.15 bits per heavy atom. The van der Waals surface area contributed by atoms with Crippen molar-refractivity contribution in [1.82, 2.24) is 0 Å². The normalized spacial score (nSPS) is 15.7. The minimum atomic E-state index is -0.574. The van der Waals surface area contributed by atoms with Crippen molar-refractivity contribution < 1.29 is 18.3 Å². The molecule has 0 saturated carbocycles. The largest absolute Gasteiger partial charge is 0.449 e. The van der Waals surface area contributed by atoms with Crippen molar-refractivity contribution in [1.29, 1.82) is 0 Å². The van der Waals surface area contributed by atoms with Gasteiger partial charge in [0.05, 0.1) is 18.2 Å². The number of amides is 1. The summed E-state index contributed by atoms with van der Waals surface area (Å²) >= 11 is 0. The maximum Gasteiger partial charge on any atom is 0.411 e. The highest BCUT2D eigenvalue weighted by Crippen LogP contribution is 2.33. The summed E-state index contributed by atoms with van der Waals surface area (Å²) in [4.78, 5) is 16.5. The average Bonchev–Trinajstić information content (AvgIpc) is 3.28. The van der Waals surface area contributed by atoms with Gasteiger partial charge in [-0.3, -0.25) is 10.3 Å². The smallest absolute Gasteiger partial charge is 0.411 e. The zero-order valence-electron chi connectivity index (χ0n) is 19.6. The van der Waals surface area contributed by atoms with Crippen LogP contribution in [0.5, 0.6) is 0 Å². The first-order valence-corrected chi connectivity index (χ1v) is 11.3. The SMILES string of the molecule is CC(C)(C)COC(=O)Nc1ccc(-c2ccc(C3CCC(c4c(F)cccc4F)=N3)cc2)cc1. The van der Waals surface area contributed by atoms with Crippen molar-refractivity contribution in [3.05, 3.63) is 89.5 Å². The van der Waals surface area contributed by atoms with Crippen molar-refractivity contribution in [3.8, 4) is 11.1 Å². The van der Waals surface area contributed by atoms with Gasteiger partial charge in [-0.2, -0.15) is 0 Å². The molecule has 1 aliphatic rings. The summed E-state index contributed by atoms with van der Waals surface area (Å²) in [6, 6.07) is 19.3. The number of carbonyl (C=O) groups excluding carboxylic acids is 1. The lowest BCUT2D eigenvalue weighted by Crippen LogP contribution is -2.21. The molecule has 3 aromatic rings. The van der Waals surface area contributed by atoms with Gasteiger partial charge in [0, 0.05) is 11.4 Å². The van der Waals surface area contributed by atoms with Crippen molar-refractivity contribution in [2.24, 2.45) is 10.4 Å². The van der Waals surface area contributed by atoms with Crippen LogP contribution >= 0.6 is 0 Å². The maximum absolute atomic E-state index is 14.1. The fourth-order valence-corrected chi connectivity index (χ4v) is 3.87. The van der Waals surface area contributed by atoms with Gasteiger partial charge in [-0.05, 0) is 59.2 Å². The van der Waals surface area contributed by atoms with E-state index in [9.17, 15) is 13.6 Å². The van der Waals surface area contributed by atoms with E-state index < -0.39 is 17.7 Å². The highest BCUT2D eigenvalue weighted by Gasteiger charge is 2.24. The van der Waals surface area contributed by atoms with Gasteiger partial charge in [0.1, 0.15) is 11.6 Å². The van der Waals surface area contributed by atoms with Crippen LogP contribution in [0.1, 0.15) is 50.8 Å². The number of hydrogen-bond acceptors (Lipinski definition) is 3. The predicted octanol–water partition coefficient (Wildman–Crippen LogP) is 7.55. The molecule has 0 radical (unpaired) electrons. The summed E-state index contributed by atoms with van der Waals surface area (Å²) in [5, 5.41) is 2.74. The summed E-state index contributed by atoms with van der Waals surface area (Å²) in [6.45, 7) is 6.34. The van der Waals surface area contributed by atoms with Crippen LogP contribution < -0.4 is 5.32 Å². The third-order valence-corrected chi connectivity index (χ3v) is 5.61. The molecular weight excluding hydrogens is 434 g/mol. The molecule has 176 valence electrons. The van der Waals surface area contributed by atoms with Gasteiger partial charge in [-0.1, -0.05) is 63.2 Å². The van der Waals surface area contributed by atoms with Gasteiger partial charge in [0.15, 0.2) is 0 Å². The van der Waals surface area contributed by atoms with Crippen molar-refractivity contribution in [2.45, 2.75) is 39.7 Å². The van der Waals surface area contributed by atoms with Gasteiger partial charge in [-0.25, -0.2) is 13.6 Å². The zero-order chi connectivity index (χ0) is 24.3. The number of rotatable bonds is 5. The first-order chi connectivity index (χ1) is 16.2. The van der Waals surface area contributed by atoms with E-state index >= 15 is 0 Å². The van der Waals surface area contributed by atoms with Crippen LogP contribution in [0.15, 0.2) is 71.7 Å². The number of anilines is 1. The van der Waals surface area contributed by atoms with Gasteiger partial charge in [0.2, 0.25) is 0 Å². The molecule has 0 bridgehead atoms. The molecule has 0 spiro atoms. The average molecular weight is 463 g/mol. The monoisotopic (exact) mass is 462 g/mol. The first-order valence-electron chi connectivity index (χ1n) is 11.3. The summed E-state index contributed by atoms with van der Waals surface area (Å²) in [5.41, 5.74) is 4.07. The molecular formula is C28H28F2N2O2. The standard InChI is InChI=1S/C28H28F2N2O2/c1-28(2,3)17-34-27(33)31-21-13-11-19(12-14-21)18-7-9-20(10-8-18)24-15-16-25(32-24)26-22(29)5-4-6-23(26)30/h4-14,24H,15-17H2,1-3H3,(H,31,33). The quantitative estimate of drug-likeness (QED) is 0.426. The molecule has 0 saturated heterocycles. The molecule has 1 N–H and O–H groups in total. The highest BCUT2D eigenvalue weighted by molar-refractivity contribution is 6.02. The van der Waals surface area contributed by atoms with Crippen LogP contribution in [0.25, 0.3) is 11.1 Å². The van der Waals surface area contributed by atoms with E-state index in [1.165, 1.54) is 18.2 Å². The summed E-state index contributed by atoms with van der Waals surface area (Å²) in [7, 11) is 0. The molecule has 1 atom stereocenters. The molecule has 1 unspecified atom stereocenters. The third kappa shape index (κ3) is 5.68. The summed E-state index contributed by atoms with van der Waals surface area (Å²) < 4.78 is 33.4. The number of nitrogens with zero attached hydrogens (tertiary/aromatic N) is 1. The fraction of sp³-hybridized carbons (Fsp3) is 0.286. The molecule has 34 heavy (non-hydrogen) atoms. The lowest BCUT2D eigenvalue weighted by molar-refractivity contribution is 0.118. The molecule has 4 rings (SSSR count). The lowest BCUT2D eigenvalue weighted by Gasteiger charge is -2.18. The number of ether oxygens (including phenoxy) is 1. The molecule has 0 aliphatic carbocycles.